The molecule has 1 aromatic rings. The number of hydrogen-bond donors (Lipinski definition) is 1. The first-order chi connectivity index (χ1) is 7.93. The monoisotopic (exact) mass is 274 g/mol. The first kappa shape index (κ1) is 12.8. The normalized spacial score (nSPS) is 21.9. The largest absolute Gasteiger partial charge is 0.326 e. The maximum Gasteiger partial charge on any atom is 0.244 e. The van der Waals surface area contributed by atoms with Crippen molar-refractivity contribution in [3.05, 3.63) is 28.8 Å². The Labute approximate surface area is 106 Å². The molecule has 1 aliphatic heterocycles. The van der Waals surface area contributed by atoms with Gasteiger partial charge in [0.05, 0.1) is 5.02 Å². The third-order valence-corrected chi connectivity index (χ3v) is 5.48. The number of benzene rings is 1. The van der Waals surface area contributed by atoms with E-state index in [1.54, 1.807) is 19.1 Å². The van der Waals surface area contributed by atoms with E-state index >= 15 is 0 Å². The van der Waals surface area contributed by atoms with Gasteiger partial charge in [0.25, 0.3) is 0 Å². The summed E-state index contributed by atoms with van der Waals surface area (Å²) >= 11 is 6.06. The van der Waals surface area contributed by atoms with Crippen LogP contribution in [0.4, 0.5) is 0 Å². The number of nitrogens with two attached hydrogens (primary N) is 1. The fourth-order valence-corrected chi connectivity index (χ4v) is 4.00. The zero-order chi connectivity index (χ0) is 12.6. The molecule has 0 amide bonds. The summed E-state index contributed by atoms with van der Waals surface area (Å²) in [5.74, 6) is 0. The van der Waals surface area contributed by atoms with Crippen LogP contribution in [0.5, 0.6) is 0 Å². The molecule has 1 aliphatic rings. The summed E-state index contributed by atoms with van der Waals surface area (Å²) in [6.45, 7) is 2.62. The van der Waals surface area contributed by atoms with Crippen LogP contribution in [0.2, 0.25) is 5.02 Å². The molecular weight excluding hydrogens is 260 g/mol. The van der Waals surface area contributed by atoms with E-state index in [0.29, 0.717) is 24.5 Å². The van der Waals surface area contributed by atoms with Gasteiger partial charge < -0.3 is 5.73 Å². The van der Waals surface area contributed by atoms with E-state index in [1.165, 1.54) is 10.4 Å². The maximum absolute atomic E-state index is 12.3. The van der Waals surface area contributed by atoms with E-state index in [2.05, 4.69) is 0 Å². The lowest BCUT2D eigenvalue weighted by atomic mass is 10.2. The van der Waals surface area contributed by atoms with Crippen LogP contribution in [0.15, 0.2) is 23.1 Å². The Kier molecular flexibility index (Phi) is 3.45. The van der Waals surface area contributed by atoms with Gasteiger partial charge in [0, 0.05) is 19.1 Å². The number of nitrogens with zero attached hydrogens (tertiary/aromatic N) is 1. The Bertz CT molecular complexity index is 530. The van der Waals surface area contributed by atoms with Crippen LogP contribution < -0.4 is 5.73 Å². The third kappa shape index (κ3) is 2.33. The summed E-state index contributed by atoms with van der Waals surface area (Å²) in [7, 11) is -3.50. The molecule has 0 spiro atoms. The number of aryl methyl sites for hydroxylation is 1. The minimum Gasteiger partial charge on any atom is -0.326 e. The Hall–Kier alpha value is -0.620. The zero-order valence-electron chi connectivity index (χ0n) is 9.56. The molecule has 94 valence electrons. The molecule has 2 N–H and O–H groups in total. The second kappa shape index (κ2) is 4.57. The first-order valence-corrected chi connectivity index (χ1v) is 7.25. The van der Waals surface area contributed by atoms with Crippen molar-refractivity contribution in [3.63, 3.8) is 0 Å². The zero-order valence-corrected chi connectivity index (χ0v) is 11.1. The average molecular weight is 275 g/mol. The molecule has 17 heavy (non-hydrogen) atoms. The van der Waals surface area contributed by atoms with E-state index in [9.17, 15) is 8.42 Å². The minimum atomic E-state index is -3.50. The Morgan fingerprint density at radius 1 is 1.47 bits per heavy atom. The van der Waals surface area contributed by atoms with Crippen molar-refractivity contribution in [2.24, 2.45) is 5.73 Å². The summed E-state index contributed by atoms with van der Waals surface area (Å²) in [4.78, 5) is 0.174. The quantitative estimate of drug-likeness (QED) is 0.886. The van der Waals surface area contributed by atoms with Gasteiger partial charge in [-0.15, -0.1) is 0 Å². The molecule has 0 bridgehead atoms. The summed E-state index contributed by atoms with van der Waals surface area (Å²) in [5, 5.41) is 0.299. The van der Waals surface area contributed by atoms with Gasteiger partial charge in [-0.25, -0.2) is 8.42 Å². The summed E-state index contributed by atoms with van der Waals surface area (Å²) in [6.07, 6.45) is 0.697. The predicted octanol–water partition coefficient (Wildman–Crippen LogP) is 1.37. The van der Waals surface area contributed by atoms with Crippen LogP contribution in [0.1, 0.15) is 12.0 Å². The van der Waals surface area contributed by atoms with E-state index in [-0.39, 0.29) is 10.9 Å². The van der Waals surface area contributed by atoms with Crippen LogP contribution in [0.25, 0.3) is 0 Å². The fraction of sp³-hybridized carbons (Fsp3) is 0.455. The Balaban J connectivity index is 2.42. The lowest BCUT2D eigenvalue weighted by Crippen LogP contribution is -2.32. The van der Waals surface area contributed by atoms with E-state index in [1.807, 2.05) is 0 Å². The highest BCUT2D eigenvalue weighted by atomic mass is 35.5. The molecule has 1 atom stereocenters. The number of sulfonamides is 1. The van der Waals surface area contributed by atoms with Crippen molar-refractivity contribution in [1.82, 2.24) is 4.31 Å². The fourth-order valence-electron chi connectivity index (χ4n) is 1.93. The van der Waals surface area contributed by atoms with Crippen LogP contribution in [-0.4, -0.2) is 31.9 Å². The lowest BCUT2D eigenvalue weighted by molar-refractivity contribution is 0.472. The van der Waals surface area contributed by atoms with Crippen LogP contribution in [-0.2, 0) is 10.0 Å². The standard InChI is InChI=1S/C11H15ClN2O2S/c1-8-3-2-4-10(11(8)12)17(15,16)14-6-5-9(13)7-14/h2-4,9H,5-7,13H2,1H3/t9-/m0/s1. The van der Waals surface area contributed by atoms with Gasteiger partial charge in [-0.3, -0.25) is 0 Å². The van der Waals surface area contributed by atoms with Gasteiger partial charge in [0.2, 0.25) is 10.0 Å². The van der Waals surface area contributed by atoms with Crippen LogP contribution in [0.3, 0.4) is 0 Å². The van der Waals surface area contributed by atoms with Gasteiger partial charge >= 0.3 is 0 Å². The topological polar surface area (TPSA) is 63.4 Å². The summed E-state index contributed by atoms with van der Waals surface area (Å²) < 4.78 is 26.1. The molecule has 0 radical (unpaired) electrons. The number of hydrogen-bond acceptors (Lipinski definition) is 3. The van der Waals surface area contributed by atoms with E-state index < -0.39 is 10.0 Å². The van der Waals surface area contributed by atoms with Crippen molar-refractivity contribution in [3.8, 4) is 0 Å². The van der Waals surface area contributed by atoms with Crippen molar-refractivity contribution >= 4 is 21.6 Å². The van der Waals surface area contributed by atoms with Gasteiger partial charge in [-0.2, -0.15) is 4.31 Å². The molecule has 1 saturated heterocycles. The Morgan fingerprint density at radius 2 is 2.18 bits per heavy atom. The highest BCUT2D eigenvalue weighted by Gasteiger charge is 2.32. The number of rotatable bonds is 2. The van der Waals surface area contributed by atoms with Crippen molar-refractivity contribution in [2.45, 2.75) is 24.3 Å². The molecular formula is C11H15ClN2O2S. The minimum absolute atomic E-state index is 0.0756. The second-order valence-corrected chi connectivity index (χ2v) is 6.58. The van der Waals surface area contributed by atoms with Crippen LogP contribution in [0, 0.1) is 6.92 Å². The van der Waals surface area contributed by atoms with Crippen molar-refractivity contribution < 1.29 is 8.42 Å². The predicted molar refractivity (Wildman–Crippen MR) is 67.5 cm³/mol. The van der Waals surface area contributed by atoms with Gasteiger partial charge in [0.1, 0.15) is 4.90 Å². The van der Waals surface area contributed by atoms with Gasteiger partial charge in [-0.05, 0) is 25.0 Å². The molecule has 0 unspecified atom stereocenters. The number of halogens is 1. The molecule has 0 aromatic heterocycles. The van der Waals surface area contributed by atoms with E-state index in [4.69, 9.17) is 17.3 Å². The first-order valence-electron chi connectivity index (χ1n) is 5.44. The van der Waals surface area contributed by atoms with Crippen LogP contribution >= 0.6 is 11.6 Å². The molecule has 4 nitrogen and oxygen atoms in total. The van der Waals surface area contributed by atoms with Gasteiger partial charge in [0.15, 0.2) is 0 Å². The molecule has 1 heterocycles. The van der Waals surface area contributed by atoms with Gasteiger partial charge in [-0.1, -0.05) is 23.7 Å². The lowest BCUT2D eigenvalue weighted by Gasteiger charge is -2.17. The maximum atomic E-state index is 12.3. The van der Waals surface area contributed by atoms with E-state index in [0.717, 1.165) is 5.56 Å². The smallest absolute Gasteiger partial charge is 0.244 e. The molecule has 0 saturated carbocycles. The van der Waals surface area contributed by atoms with Crippen molar-refractivity contribution in [2.75, 3.05) is 13.1 Å². The molecule has 6 heteroatoms. The molecule has 1 fully saturated rings. The average Bonchev–Trinajstić information content (AvgIpc) is 2.69. The molecule has 0 aliphatic carbocycles. The summed E-state index contributed by atoms with van der Waals surface area (Å²) in [5.41, 5.74) is 6.49. The Morgan fingerprint density at radius 3 is 2.76 bits per heavy atom. The van der Waals surface area contributed by atoms with Crippen molar-refractivity contribution in [1.29, 1.82) is 0 Å². The highest BCUT2D eigenvalue weighted by molar-refractivity contribution is 7.89. The second-order valence-electron chi connectivity index (χ2n) is 4.30. The SMILES string of the molecule is Cc1cccc(S(=O)(=O)N2CC[C@H](N)C2)c1Cl. The molecule has 1 aromatic carbocycles. The third-order valence-electron chi connectivity index (χ3n) is 2.96. The summed E-state index contributed by atoms with van der Waals surface area (Å²) in [6, 6.07) is 4.95. The molecule has 2 rings (SSSR count). The highest BCUT2D eigenvalue weighted by Crippen LogP contribution is 2.28.